The molecule has 0 aliphatic rings. The van der Waals surface area contributed by atoms with Crippen LogP contribution >= 0.6 is 0 Å². The van der Waals surface area contributed by atoms with Crippen molar-refractivity contribution in [3.63, 3.8) is 0 Å². The molecule has 7 nitrogen and oxygen atoms in total. The van der Waals surface area contributed by atoms with E-state index in [2.05, 4.69) is 10.6 Å². The molecule has 0 atom stereocenters. The van der Waals surface area contributed by atoms with Gasteiger partial charge in [-0.25, -0.2) is 0 Å². The standard InChI is InChI=1S/C16H34N2O5/c1-2-21-11-12-23-14-13-22-10-9-17-7-5-3-4-6-8-18-15-16(19)20/h17-18H,2-15H2,1H3,(H,19,20). The Morgan fingerprint density at radius 3 is 1.96 bits per heavy atom. The highest BCUT2D eigenvalue weighted by Gasteiger charge is 1.95. The van der Waals surface area contributed by atoms with Crippen LogP contribution < -0.4 is 10.6 Å². The Bertz CT molecular complexity index is 255. The summed E-state index contributed by atoms with van der Waals surface area (Å²) < 4.78 is 15.9. The van der Waals surface area contributed by atoms with Crippen LogP contribution in [0.3, 0.4) is 0 Å². The van der Waals surface area contributed by atoms with Gasteiger partial charge in [0.1, 0.15) is 0 Å². The molecule has 0 rings (SSSR count). The predicted octanol–water partition coefficient (Wildman–Crippen LogP) is 0.880. The smallest absolute Gasteiger partial charge is 0.317 e. The molecule has 0 aromatic rings. The monoisotopic (exact) mass is 334 g/mol. The summed E-state index contributed by atoms with van der Waals surface area (Å²) in [5.74, 6) is -0.798. The zero-order valence-corrected chi connectivity index (χ0v) is 14.5. The fourth-order valence-corrected chi connectivity index (χ4v) is 1.90. The van der Waals surface area contributed by atoms with Crippen LogP contribution in [0, 0.1) is 0 Å². The van der Waals surface area contributed by atoms with E-state index in [1.54, 1.807) is 0 Å². The maximum absolute atomic E-state index is 10.3. The van der Waals surface area contributed by atoms with Gasteiger partial charge in [0.25, 0.3) is 0 Å². The Hall–Kier alpha value is -0.730. The lowest BCUT2D eigenvalue weighted by Crippen LogP contribution is -2.23. The molecule has 0 unspecified atom stereocenters. The fourth-order valence-electron chi connectivity index (χ4n) is 1.90. The third-order valence-electron chi connectivity index (χ3n) is 3.10. The van der Waals surface area contributed by atoms with Crippen LogP contribution in [0.15, 0.2) is 0 Å². The number of rotatable bonds is 19. The molecule has 138 valence electrons. The molecule has 0 amide bonds. The maximum Gasteiger partial charge on any atom is 0.317 e. The van der Waals surface area contributed by atoms with Crippen LogP contribution in [0.1, 0.15) is 32.6 Å². The van der Waals surface area contributed by atoms with E-state index in [4.69, 9.17) is 19.3 Å². The number of hydrogen-bond acceptors (Lipinski definition) is 6. The lowest BCUT2D eigenvalue weighted by Gasteiger charge is -2.07. The van der Waals surface area contributed by atoms with Crippen LogP contribution in [-0.2, 0) is 19.0 Å². The van der Waals surface area contributed by atoms with Crippen molar-refractivity contribution >= 4 is 5.97 Å². The third kappa shape index (κ3) is 21.3. The highest BCUT2D eigenvalue weighted by Crippen LogP contribution is 1.97. The second kappa shape index (κ2) is 19.3. The Balaban J connectivity index is 2.96. The molecule has 0 heterocycles. The molecule has 0 saturated heterocycles. The Morgan fingerprint density at radius 1 is 0.783 bits per heavy atom. The van der Waals surface area contributed by atoms with E-state index in [1.807, 2.05) is 6.92 Å². The minimum atomic E-state index is -0.798. The fraction of sp³-hybridized carbons (Fsp3) is 0.938. The first kappa shape index (κ1) is 22.3. The van der Waals surface area contributed by atoms with Gasteiger partial charge in [0.2, 0.25) is 0 Å². The molecule has 0 aromatic heterocycles. The van der Waals surface area contributed by atoms with Gasteiger partial charge >= 0.3 is 5.97 Å². The number of unbranched alkanes of at least 4 members (excludes halogenated alkanes) is 3. The summed E-state index contributed by atoms with van der Waals surface area (Å²) in [6.45, 7) is 8.60. The van der Waals surface area contributed by atoms with Crippen LogP contribution in [0.2, 0.25) is 0 Å². The SMILES string of the molecule is CCOCCOCCOCCNCCCCCCNCC(=O)O. The number of carbonyl (C=O) groups is 1. The van der Waals surface area contributed by atoms with Crippen LogP contribution in [0.5, 0.6) is 0 Å². The van der Waals surface area contributed by atoms with Gasteiger partial charge in [0.05, 0.1) is 39.6 Å². The lowest BCUT2D eigenvalue weighted by molar-refractivity contribution is -0.135. The molecule has 0 aliphatic heterocycles. The molecule has 0 bridgehead atoms. The summed E-state index contributed by atoms with van der Waals surface area (Å²) in [6, 6.07) is 0. The zero-order valence-electron chi connectivity index (χ0n) is 14.5. The molecule has 0 spiro atoms. The van der Waals surface area contributed by atoms with Gasteiger partial charge in [-0.2, -0.15) is 0 Å². The average Bonchev–Trinajstić information content (AvgIpc) is 2.53. The van der Waals surface area contributed by atoms with Gasteiger partial charge in [0, 0.05) is 13.2 Å². The van der Waals surface area contributed by atoms with Gasteiger partial charge in [0.15, 0.2) is 0 Å². The minimum absolute atomic E-state index is 0.0547. The Kier molecular flexibility index (Phi) is 18.7. The third-order valence-corrected chi connectivity index (χ3v) is 3.10. The summed E-state index contributed by atoms with van der Waals surface area (Å²) in [6.07, 6.45) is 4.46. The largest absolute Gasteiger partial charge is 0.480 e. The van der Waals surface area contributed by atoms with E-state index in [9.17, 15) is 4.79 Å². The number of ether oxygens (including phenoxy) is 3. The predicted molar refractivity (Wildman–Crippen MR) is 90.0 cm³/mol. The molecule has 7 heteroatoms. The first-order chi connectivity index (χ1) is 11.3. The van der Waals surface area contributed by atoms with E-state index in [0.29, 0.717) is 33.0 Å². The highest BCUT2D eigenvalue weighted by atomic mass is 16.5. The van der Waals surface area contributed by atoms with Crippen molar-refractivity contribution in [2.75, 3.05) is 65.8 Å². The van der Waals surface area contributed by atoms with Gasteiger partial charge < -0.3 is 30.0 Å². The molecule has 0 radical (unpaired) electrons. The highest BCUT2D eigenvalue weighted by molar-refractivity contribution is 5.68. The van der Waals surface area contributed by atoms with Gasteiger partial charge in [-0.1, -0.05) is 12.8 Å². The number of carboxylic acid groups (broad SMARTS) is 1. The first-order valence-corrected chi connectivity index (χ1v) is 8.63. The Labute approximate surface area is 140 Å². The van der Waals surface area contributed by atoms with Gasteiger partial charge in [-0.15, -0.1) is 0 Å². The number of carboxylic acids is 1. The van der Waals surface area contributed by atoms with E-state index < -0.39 is 5.97 Å². The normalized spacial score (nSPS) is 11.0. The van der Waals surface area contributed by atoms with E-state index >= 15 is 0 Å². The van der Waals surface area contributed by atoms with Gasteiger partial charge in [-0.3, -0.25) is 4.79 Å². The zero-order chi connectivity index (χ0) is 17.0. The first-order valence-electron chi connectivity index (χ1n) is 8.63. The topological polar surface area (TPSA) is 89.0 Å². The summed E-state index contributed by atoms with van der Waals surface area (Å²) in [7, 11) is 0. The molecule has 3 N–H and O–H groups in total. The van der Waals surface area contributed by atoms with Crippen molar-refractivity contribution in [2.45, 2.75) is 32.6 Å². The van der Waals surface area contributed by atoms with Gasteiger partial charge in [-0.05, 0) is 32.9 Å². The molecule has 0 saturated carbocycles. The van der Waals surface area contributed by atoms with Crippen LogP contribution in [-0.4, -0.2) is 76.9 Å². The van der Waals surface area contributed by atoms with Crippen molar-refractivity contribution in [2.24, 2.45) is 0 Å². The summed E-state index contributed by atoms with van der Waals surface area (Å²) in [5, 5.41) is 14.7. The number of aliphatic carboxylic acids is 1. The average molecular weight is 334 g/mol. The second-order valence-corrected chi connectivity index (χ2v) is 5.16. The summed E-state index contributed by atoms with van der Waals surface area (Å²) in [4.78, 5) is 10.3. The minimum Gasteiger partial charge on any atom is -0.480 e. The molecule has 0 aliphatic carbocycles. The second-order valence-electron chi connectivity index (χ2n) is 5.16. The molecular formula is C16H34N2O5. The number of nitrogens with one attached hydrogen (secondary N) is 2. The molecule has 0 fully saturated rings. The Morgan fingerprint density at radius 2 is 1.35 bits per heavy atom. The van der Waals surface area contributed by atoms with Crippen molar-refractivity contribution < 1.29 is 24.1 Å². The van der Waals surface area contributed by atoms with Crippen LogP contribution in [0.25, 0.3) is 0 Å². The van der Waals surface area contributed by atoms with E-state index in [0.717, 1.165) is 51.9 Å². The van der Waals surface area contributed by atoms with Crippen molar-refractivity contribution in [1.82, 2.24) is 10.6 Å². The van der Waals surface area contributed by atoms with E-state index in [-0.39, 0.29) is 6.54 Å². The van der Waals surface area contributed by atoms with Crippen molar-refractivity contribution in [3.8, 4) is 0 Å². The molecule has 0 aromatic carbocycles. The molecule has 23 heavy (non-hydrogen) atoms. The van der Waals surface area contributed by atoms with Crippen molar-refractivity contribution in [3.05, 3.63) is 0 Å². The number of hydrogen-bond donors (Lipinski definition) is 3. The maximum atomic E-state index is 10.3. The molecular weight excluding hydrogens is 300 g/mol. The quantitative estimate of drug-likeness (QED) is 0.302. The van der Waals surface area contributed by atoms with Crippen LogP contribution in [0.4, 0.5) is 0 Å². The summed E-state index contributed by atoms with van der Waals surface area (Å²) in [5.41, 5.74) is 0. The lowest BCUT2D eigenvalue weighted by atomic mass is 10.2. The van der Waals surface area contributed by atoms with Crippen molar-refractivity contribution in [1.29, 1.82) is 0 Å². The van der Waals surface area contributed by atoms with E-state index in [1.165, 1.54) is 0 Å². The summed E-state index contributed by atoms with van der Waals surface area (Å²) >= 11 is 0.